The number of nitrogens with one attached hydrogen (secondary N) is 1. The standard InChI is InChI=1S/C17H9Cl2N3O/c18-13-6-5-10(8-14(13)19)7-11(9-20)16-21-15-4-2-1-3-12(15)17(23)22-16/h1-8H,(H,21,22,23)/b11-7+. The molecule has 0 aliphatic rings. The largest absolute Gasteiger partial charge is 0.305 e. The molecule has 0 spiro atoms. The van der Waals surface area contributed by atoms with Gasteiger partial charge in [0.15, 0.2) is 5.82 Å². The van der Waals surface area contributed by atoms with Gasteiger partial charge in [0.05, 0.1) is 26.5 Å². The van der Waals surface area contributed by atoms with E-state index in [1.54, 1.807) is 48.5 Å². The molecular formula is C17H9Cl2N3O. The third-order valence-corrected chi connectivity index (χ3v) is 3.98. The van der Waals surface area contributed by atoms with E-state index in [2.05, 4.69) is 9.97 Å². The Morgan fingerprint density at radius 1 is 1.17 bits per heavy atom. The molecular weight excluding hydrogens is 333 g/mol. The van der Waals surface area contributed by atoms with E-state index < -0.39 is 0 Å². The molecule has 1 heterocycles. The Bertz CT molecular complexity index is 1030. The maximum atomic E-state index is 12.1. The van der Waals surface area contributed by atoms with Crippen molar-refractivity contribution in [3.05, 3.63) is 74.3 Å². The molecule has 0 bridgehead atoms. The summed E-state index contributed by atoms with van der Waals surface area (Å²) in [6, 6.07) is 14.0. The van der Waals surface area contributed by atoms with E-state index in [0.717, 1.165) is 0 Å². The van der Waals surface area contributed by atoms with Gasteiger partial charge in [-0.05, 0) is 35.9 Å². The number of H-pyrrole nitrogens is 1. The minimum Gasteiger partial charge on any atom is -0.305 e. The topological polar surface area (TPSA) is 69.5 Å². The summed E-state index contributed by atoms with van der Waals surface area (Å²) in [5.74, 6) is 0.210. The third-order valence-electron chi connectivity index (χ3n) is 3.24. The van der Waals surface area contributed by atoms with Crippen LogP contribution in [0.25, 0.3) is 22.6 Å². The highest BCUT2D eigenvalue weighted by Gasteiger charge is 2.08. The highest BCUT2D eigenvalue weighted by Crippen LogP contribution is 2.24. The predicted octanol–water partition coefficient (Wildman–Crippen LogP) is 4.29. The molecule has 0 aliphatic heterocycles. The van der Waals surface area contributed by atoms with Gasteiger partial charge < -0.3 is 4.98 Å². The van der Waals surface area contributed by atoms with Gasteiger partial charge in [-0.2, -0.15) is 5.26 Å². The molecule has 0 radical (unpaired) electrons. The molecule has 3 rings (SSSR count). The van der Waals surface area contributed by atoms with Gasteiger partial charge in [-0.3, -0.25) is 4.79 Å². The van der Waals surface area contributed by atoms with Gasteiger partial charge in [0.2, 0.25) is 0 Å². The molecule has 1 aromatic heterocycles. The van der Waals surface area contributed by atoms with E-state index in [1.807, 2.05) is 6.07 Å². The quantitative estimate of drug-likeness (QED) is 0.706. The molecule has 0 amide bonds. The normalized spacial score (nSPS) is 11.4. The van der Waals surface area contributed by atoms with Crippen molar-refractivity contribution in [2.24, 2.45) is 0 Å². The van der Waals surface area contributed by atoms with E-state index in [1.165, 1.54) is 0 Å². The lowest BCUT2D eigenvalue weighted by Crippen LogP contribution is -2.11. The second-order valence-corrected chi connectivity index (χ2v) is 5.59. The number of benzene rings is 2. The summed E-state index contributed by atoms with van der Waals surface area (Å²) in [4.78, 5) is 19.1. The molecule has 2 aromatic carbocycles. The molecule has 0 saturated heterocycles. The summed E-state index contributed by atoms with van der Waals surface area (Å²) in [5, 5.41) is 10.7. The maximum absolute atomic E-state index is 12.1. The third kappa shape index (κ3) is 3.11. The minimum absolute atomic E-state index is 0.210. The zero-order valence-corrected chi connectivity index (χ0v) is 13.2. The Morgan fingerprint density at radius 2 is 1.96 bits per heavy atom. The SMILES string of the molecule is N#C/C(=C\c1ccc(Cl)c(Cl)c1)c1nc2ccccc2c(=O)[nH]1. The number of fused-ring (bicyclic) bond motifs is 1. The molecule has 0 atom stereocenters. The predicted molar refractivity (Wildman–Crippen MR) is 92.3 cm³/mol. The second-order valence-electron chi connectivity index (χ2n) is 4.78. The first-order valence-electron chi connectivity index (χ1n) is 6.65. The maximum Gasteiger partial charge on any atom is 0.259 e. The van der Waals surface area contributed by atoms with Gasteiger partial charge in [-0.25, -0.2) is 4.98 Å². The number of aromatic nitrogens is 2. The number of aromatic amines is 1. The molecule has 23 heavy (non-hydrogen) atoms. The number of nitriles is 1. The molecule has 4 nitrogen and oxygen atoms in total. The number of nitrogens with zero attached hydrogens (tertiary/aromatic N) is 2. The highest BCUT2D eigenvalue weighted by molar-refractivity contribution is 6.42. The number of rotatable bonds is 2. The van der Waals surface area contributed by atoms with Crippen molar-refractivity contribution in [2.75, 3.05) is 0 Å². The van der Waals surface area contributed by atoms with E-state index in [0.29, 0.717) is 26.5 Å². The van der Waals surface area contributed by atoms with Crippen LogP contribution in [0.5, 0.6) is 0 Å². The van der Waals surface area contributed by atoms with E-state index >= 15 is 0 Å². The van der Waals surface area contributed by atoms with Crippen molar-refractivity contribution in [1.82, 2.24) is 9.97 Å². The van der Waals surface area contributed by atoms with Crippen LogP contribution in [0.1, 0.15) is 11.4 Å². The van der Waals surface area contributed by atoms with Crippen LogP contribution < -0.4 is 5.56 Å². The second kappa shape index (κ2) is 6.25. The summed E-state index contributed by atoms with van der Waals surface area (Å²) < 4.78 is 0. The first-order valence-corrected chi connectivity index (χ1v) is 7.40. The minimum atomic E-state index is -0.291. The van der Waals surface area contributed by atoms with Crippen LogP contribution in [-0.2, 0) is 0 Å². The Labute approximate surface area is 141 Å². The molecule has 0 aliphatic carbocycles. The average molecular weight is 342 g/mol. The summed E-state index contributed by atoms with van der Waals surface area (Å²) in [5.41, 5.74) is 1.15. The highest BCUT2D eigenvalue weighted by atomic mass is 35.5. The fourth-order valence-electron chi connectivity index (χ4n) is 2.14. The summed E-state index contributed by atoms with van der Waals surface area (Å²) in [6.07, 6.45) is 1.59. The van der Waals surface area contributed by atoms with E-state index in [-0.39, 0.29) is 17.0 Å². The Morgan fingerprint density at radius 3 is 2.70 bits per heavy atom. The van der Waals surface area contributed by atoms with Gasteiger partial charge in [0.1, 0.15) is 6.07 Å². The van der Waals surface area contributed by atoms with Crippen molar-refractivity contribution in [2.45, 2.75) is 0 Å². The summed E-state index contributed by atoms with van der Waals surface area (Å²) in [6.45, 7) is 0. The first kappa shape index (κ1) is 15.3. The number of hydrogen-bond acceptors (Lipinski definition) is 3. The zero-order valence-electron chi connectivity index (χ0n) is 11.7. The first-order chi connectivity index (χ1) is 11.1. The lowest BCUT2D eigenvalue weighted by molar-refractivity contribution is 1.13. The smallest absolute Gasteiger partial charge is 0.259 e. The van der Waals surface area contributed by atoms with Crippen molar-refractivity contribution in [1.29, 1.82) is 5.26 Å². The van der Waals surface area contributed by atoms with Crippen LogP contribution in [0, 0.1) is 11.3 Å². The number of allylic oxidation sites excluding steroid dienone is 1. The van der Waals surface area contributed by atoms with Crippen LogP contribution in [-0.4, -0.2) is 9.97 Å². The molecule has 112 valence electrons. The van der Waals surface area contributed by atoms with Crippen LogP contribution in [0.3, 0.4) is 0 Å². The molecule has 1 N–H and O–H groups in total. The van der Waals surface area contributed by atoms with Gasteiger partial charge in [0, 0.05) is 0 Å². The number of para-hydroxylation sites is 1. The van der Waals surface area contributed by atoms with Crippen molar-refractivity contribution < 1.29 is 0 Å². The zero-order chi connectivity index (χ0) is 16.4. The van der Waals surface area contributed by atoms with Crippen LogP contribution in [0.4, 0.5) is 0 Å². The number of halogens is 2. The van der Waals surface area contributed by atoms with Gasteiger partial charge in [-0.1, -0.05) is 41.4 Å². The lowest BCUT2D eigenvalue weighted by atomic mass is 10.1. The molecule has 6 heteroatoms. The molecule has 0 unspecified atom stereocenters. The molecule has 0 fully saturated rings. The Balaban J connectivity index is 2.14. The van der Waals surface area contributed by atoms with Crippen LogP contribution in [0.15, 0.2) is 47.3 Å². The Hall–Kier alpha value is -2.61. The van der Waals surface area contributed by atoms with E-state index in [4.69, 9.17) is 23.2 Å². The van der Waals surface area contributed by atoms with Crippen molar-refractivity contribution in [3.63, 3.8) is 0 Å². The molecule has 0 saturated carbocycles. The van der Waals surface area contributed by atoms with Crippen LogP contribution in [0.2, 0.25) is 10.0 Å². The summed E-state index contributed by atoms with van der Waals surface area (Å²) in [7, 11) is 0. The fraction of sp³-hybridized carbons (Fsp3) is 0. The van der Waals surface area contributed by atoms with Gasteiger partial charge in [0.25, 0.3) is 5.56 Å². The van der Waals surface area contributed by atoms with Crippen LogP contribution >= 0.6 is 23.2 Å². The lowest BCUT2D eigenvalue weighted by Gasteiger charge is -2.03. The average Bonchev–Trinajstić information content (AvgIpc) is 2.56. The van der Waals surface area contributed by atoms with Gasteiger partial charge in [-0.15, -0.1) is 0 Å². The fourth-order valence-corrected chi connectivity index (χ4v) is 2.44. The summed E-state index contributed by atoms with van der Waals surface area (Å²) >= 11 is 11.8. The van der Waals surface area contributed by atoms with E-state index in [9.17, 15) is 10.1 Å². The number of hydrogen-bond donors (Lipinski definition) is 1. The molecule has 3 aromatic rings. The van der Waals surface area contributed by atoms with Crippen molar-refractivity contribution >= 4 is 45.8 Å². The Kier molecular flexibility index (Phi) is 4.16. The van der Waals surface area contributed by atoms with Gasteiger partial charge >= 0.3 is 0 Å². The van der Waals surface area contributed by atoms with Crippen molar-refractivity contribution in [3.8, 4) is 6.07 Å². The monoisotopic (exact) mass is 341 g/mol.